The van der Waals surface area contributed by atoms with Gasteiger partial charge in [-0.15, -0.1) is 0 Å². The number of phenols is 1. The first kappa shape index (κ1) is 12.1. The molecule has 0 atom stereocenters. The number of ether oxygens (including phenoxy) is 1. The summed E-state index contributed by atoms with van der Waals surface area (Å²) in [6.07, 6.45) is 0.0796. The first-order chi connectivity index (χ1) is 7.54. The minimum atomic E-state index is -0.346. The molecule has 84 valence electrons. The SMILES string of the molecule is COC(=O)CC#Cc1c(C)cc(O)cc1C. The number of hydrogen-bond acceptors (Lipinski definition) is 3. The van der Waals surface area contributed by atoms with E-state index in [0.717, 1.165) is 16.7 Å². The minimum Gasteiger partial charge on any atom is -0.508 e. The molecule has 0 fully saturated rings. The predicted molar refractivity (Wildman–Crippen MR) is 61.1 cm³/mol. The van der Waals surface area contributed by atoms with Gasteiger partial charge in [-0.25, -0.2) is 0 Å². The zero-order valence-corrected chi connectivity index (χ0v) is 9.63. The maximum absolute atomic E-state index is 10.9. The van der Waals surface area contributed by atoms with E-state index in [0.29, 0.717) is 0 Å². The minimum absolute atomic E-state index is 0.0796. The molecular formula is C13H14O3. The van der Waals surface area contributed by atoms with Crippen molar-refractivity contribution in [3.8, 4) is 17.6 Å². The Morgan fingerprint density at radius 2 is 1.94 bits per heavy atom. The molecule has 1 N–H and O–H groups in total. The van der Waals surface area contributed by atoms with Crippen molar-refractivity contribution in [1.29, 1.82) is 0 Å². The number of methoxy groups -OCH3 is 1. The van der Waals surface area contributed by atoms with E-state index in [-0.39, 0.29) is 18.1 Å². The Bertz CT molecular complexity index is 441. The lowest BCUT2D eigenvalue weighted by molar-refractivity contribution is -0.139. The molecule has 0 aliphatic heterocycles. The second kappa shape index (κ2) is 5.22. The van der Waals surface area contributed by atoms with E-state index in [1.54, 1.807) is 12.1 Å². The lowest BCUT2D eigenvalue weighted by atomic mass is 10.0. The molecular weight excluding hydrogens is 204 g/mol. The van der Waals surface area contributed by atoms with Crippen molar-refractivity contribution < 1.29 is 14.6 Å². The van der Waals surface area contributed by atoms with Crippen LogP contribution in [-0.2, 0) is 9.53 Å². The van der Waals surface area contributed by atoms with E-state index >= 15 is 0 Å². The van der Waals surface area contributed by atoms with Gasteiger partial charge in [0, 0.05) is 5.56 Å². The number of aryl methyl sites for hydroxylation is 2. The van der Waals surface area contributed by atoms with Crippen molar-refractivity contribution in [1.82, 2.24) is 0 Å². The Morgan fingerprint density at radius 3 is 2.44 bits per heavy atom. The number of rotatable bonds is 1. The fourth-order valence-corrected chi connectivity index (χ4v) is 1.41. The molecule has 1 aromatic carbocycles. The third-order valence-corrected chi connectivity index (χ3v) is 2.19. The van der Waals surface area contributed by atoms with Crippen LogP contribution in [0.3, 0.4) is 0 Å². The van der Waals surface area contributed by atoms with E-state index in [1.807, 2.05) is 13.8 Å². The van der Waals surface area contributed by atoms with E-state index in [2.05, 4.69) is 16.6 Å². The monoisotopic (exact) mass is 218 g/mol. The van der Waals surface area contributed by atoms with Gasteiger partial charge in [-0.3, -0.25) is 4.79 Å². The Labute approximate surface area is 95.1 Å². The maximum atomic E-state index is 10.9. The van der Waals surface area contributed by atoms with Crippen molar-refractivity contribution >= 4 is 5.97 Å². The topological polar surface area (TPSA) is 46.5 Å². The van der Waals surface area contributed by atoms with Gasteiger partial charge in [-0.05, 0) is 37.1 Å². The van der Waals surface area contributed by atoms with Gasteiger partial charge < -0.3 is 9.84 Å². The molecule has 0 aliphatic carbocycles. The van der Waals surface area contributed by atoms with Crippen molar-refractivity contribution in [3.63, 3.8) is 0 Å². The van der Waals surface area contributed by atoms with Crippen molar-refractivity contribution in [2.45, 2.75) is 20.3 Å². The molecule has 0 aliphatic rings. The van der Waals surface area contributed by atoms with Crippen LogP contribution in [0.1, 0.15) is 23.1 Å². The van der Waals surface area contributed by atoms with Crippen LogP contribution in [0.4, 0.5) is 0 Å². The summed E-state index contributed by atoms with van der Waals surface area (Å²) in [4.78, 5) is 10.9. The summed E-state index contributed by atoms with van der Waals surface area (Å²) in [5.74, 6) is 5.54. The van der Waals surface area contributed by atoms with Crippen LogP contribution in [0.5, 0.6) is 5.75 Å². The van der Waals surface area contributed by atoms with Crippen LogP contribution in [0, 0.1) is 25.7 Å². The molecule has 16 heavy (non-hydrogen) atoms. The van der Waals surface area contributed by atoms with Crippen molar-refractivity contribution in [2.24, 2.45) is 0 Å². The van der Waals surface area contributed by atoms with Gasteiger partial charge in [-0.1, -0.05) is 11.8 Å². The van der Waals surface area contributed by atoms with Gasteiger partial charge in [0.1, 0.15) is 12.2 Å². The van der Waals surface area contributed by atoms with Crippen LogP contribution < -0.4 is 0 Å². The highest BCUT2D eigenvalue weighted by Gasteiger charge is 2.02. The van der Waals surface area contributed by atoms with E-state index in [1.165, 1.54) is 7.11 Å². The number of phenolic OH excluding ortho intramolecular Hbond substituents is 1. The molecule has 1 aromatic rings. The first-order valence-corrected chi connectivity index (χ1v) is 4.90. The largest absolute Gasteiger partial charge is 0.508 e. The zero-order valence-electron chi connectivity index (χ0n) is 9.63. The summed E-state index contributed by atoms with van der Waals surface area (Å²) in [5.41, 5.74) is 2.64. The number of esters is 1. The molecule has 0 aromatic heterocycles. The van der Waals surface area contributed by atoms with Gasteiger partial charge >= 0.3 is 5.97 Å². The lowest BCUT2D eigenvalue weighted by Crippen LogP contribution is -1.97. The van der Waals surface area contributed by atoms with Gasteiger partial charge in [0.05, 0.1) is 7.11 Å². The Morgan fingerprint density at radius 1 is 1.38 bits per heavy atom. The standard InChI is InChI=1S/C13H14O3/c1-9-7-11(14)8-10(2)12(9)5-4-6-13(15)16-3/h7-8,14H,6H2,1-3H3. The Balaban J connectivity index is 2.93. The zero-order chi connectivity index (χ0) is 12.1. The molecule has 0 saturated carbocycles. The fourth-order valence-electron chi connectivity index (χ4n) is 1.41. The van der Waals surface area contributed by atoms with E-state index < -0.39 is 0 Å². The smallest absolute Gasteiger partial charge is 0.317 e. The molecule has 0 heterocycles. The molecule has 0 radical (unpaired) electrons. The third-order valence-electron chi connectivity index (χ3n) is 2.19. The molecule has 3 heteroatoms. The van der Waals surface area contributed by atoms with Gasteiger partial charge in [0.2, 0.25) is 0 Å². The van der Waals surface area contributed by atoms with Gasteiger partial charge in [0.25, 0.3) is 0 Å². The number of carbonyl (C=O) groups is 1. The Hall–Kier alpha value is -1.95. The quantitative estimate of drug-likeness (QED) is 0.578. The maximum Gasteiger partial charge on any atom is 0.317 e. The average molecular weight is 218 g/mol. The predicted octanol–water partition coefficient (Wildman–Crippen LogP) is 1.92. The summed E-state index contributed by atoms with van der Waals surface area (Å²) < 4.78 is 4.49. The molecule has 0 bridgehead atoms. The number of hydrogen-bond donors (Lipinski definition) is 1. The van der Waals surface area contributed by atoms with E-state index in [4.69, 9.17) is 0 Å². The first-order valence-electron chi connectivity index (χ1n) is 4.90. The summed E-state index contributed by atoms with van der Waals surface area (Å²) in [7, 11) is 1.33. The molecule has 0 saturated heterocycles. The van der Waals surface area contributed by atoms with Crippen molar-refractivity contribution in [3.05, 3.63) is 28.8 Å². The highest BCUT2D eigenvalue weighted by atomic mass is 16.5. The second-order valence-electron chi connectivity index (χ2n) is 3.51. The summed E-state index contributed by atoms with van der Waals surface area (Å²) in [6.45, 7) is 3.74. The average Bonchev–Trinajstić information content (AvgIpc) is 2.21. The van der Waals surface area contributed by atoms with Crippen molar-refractivity contribution in [2.75, 3.05) is 7.11 Å². The number of carbonyl (C=O) groups excluding carboxylic acids is 1. The fraction of sp³-hybridized carbons (Fsp3) is 0.308. The van der Waals surface area contributed by atoms with Crippen LogP contribution in [0.2, 0.25) is 0 Å². The van der Waals surface area contributed by atoms with Crippen LogP contribution in [0.25, 0.3) is 0 Å². The van der Waals surface area contributed by atoms with Gasteiger partial charge in [-0.2, -0.15) is 0 Å². The molecule has 0 unspecified atom stereocenters. The molecule has 1 rings (SSSR count). The highest BCUT2D eigenvalue weighted by molar-refractivity contribution is 5.72. The molecule has 3 nitrogen and oxygen atoms in total. The third kappa shape index (κ3) is 3.03. The second-order valence-corrected chi connectivity index (χ2v) is 3.51. The molecule has 0 spiro atoms. The number of aromatic hydroxyl groups is 1. The Kier molecular flexibility index (Phi) is 3.96. The normalized spacial score (nSPS) is 9.19. The summed E-state index contributed by atoms with van der Waals surface area (Å²) in [5, 5.41) is 9.35. The van der Waals surface area contributed by atoms with Crippen LogP contribution in [0.15, 0.2) is 12.1 Å². The van der Waals surface area contributed by atoms with Gasteiger partial charge in [0.15, 0.2) is 0 Å². The summed E-state index contributed by atoms with van der Waals surface area (Å²) in [6, 6.07) is 3.30. The lowest BCUT2D eigenvalue weighted by Gasteiger charge is -2.03. The van der Waals surface area contributed by atoms with Crippen LogP contribution >= 0.6 is 0 Å². The molecule has 0 amide bonds. The van der Waals surface area contributed by atoms with Crippen LogP contribution in [-0.4, -0.2) is 18.2 Å². The highest BCUT2D eigenvalue weighted by Crippen LogP contribution is 2.19. The number of benzene rings is 1. The van der Waals surface area contributed by atoms with E-state index in [9.17, 15) is 9.90 Å². The summed E-state index contributed by atoms with van der Waals surface area (Å²) >= 11 is 0.